The number of hydrogen-bond acceptors (Lipinski definition) is 3. The van der Waals surface area contributed by atoms with Crippen molar-refractivity contribution >= 4 is 54.1 Å². The summed E-state index contributed by atoms with van der Waals surface area (Å²) < 4.78 is 5.34. The van der Waals surface area contributed by atoms with Gasteiger partial charge < -0.3 is 22.9 Å². The topological polar surface area (TPSA) is 74.7 Å². The summed E-state index contributed by atoms with van der Waals surface area (Å²) in [5, 5.41) is 10.9. The van der Waals surface area contributed by atoms with Crippen LogP contribution in [-0.4, -0.2) is 43.4 Å². The Morgan fingerprint density at radius 3 is 1.56 bits per heavy atom. The second-order valence-electron chi connectivity index (χ2n) is 13.3. The summed E-state index contributed by atoms with van der Waals surface area (Å²) in [6, 6.07) is 42.1. The number of rotatable bonds is 18. The Labute approximate surface area is 319 Å². The number of hydrogen-bond donors (Lipinski definition) is 3. The van der Waals surface area contributed by atoms with E-state index in [1.54, 1.807) is 0 Å². The third kappa shape index (κ3) is 10.0. The maximum atomic E-state index is 6.02. The van der Waals surface area contributed by atoms with Gasteiger partial charge in [0, 0.05) is 5.56 Å². The van der Waals surface area contributed by atoms with E-state index >= 15 is 0 Å². The molecule has 1 aliphatic heterocycles. The Bertz CT molecular complexity index is 1550. The number of guanidine groups is 2. The summed E-state index contributed by atoms with van der Waals surface area (Å²) >= 11 is 2.92. The molecule has 9 heteroatoms. The van der Waals surface area contributed by atoms with E-state index in [-0.39, 0.29) is 18.6 Å². The minimum Gasteiger partial charge on any atom is -1.00 e. The van der Waals surface area contributed by atoms with Crippen LogP contribution in [0.4, 0.5) is 0 Å². The van der Waals surface area contributed by atoms with Gasteiger partial charge >= 0.3 is 216 Å². The van der Waals surface area contributed by atoms with Crippen molar-refractivity contribution < 1.29 is 21.7 Å². The van der Waals surface area contributed by atoms with Gasteiger partial charge in [-0.1, -0.05) is 0 Å². The smallest absolute Gasteiger partial charge is 0.0195 e. The predicted molar refractivity (Wildman–Crippen MR) is 220 cm³/mol. The van der Waals surface area contributed by atoms with Crippen molar-refractivity contribution in [3.05, 3.63) is 121 Å². The Morgan fingerprint density at radius 1 is 0.660 bits per heavy atom. The summed E-state index contributed by atoms with van der Waals surface area (Å²) in [5.41, 5.74) is 7.02. The summed E-state index contributed by atoms with van der Waals surface area (Å²) in [4.78, 5) is 4.48. The number of ether oxygens (including phenoxy) is 1. The van der Waals surface area contributed by atoms with Gasteiger partial charge in [-0.05, 0) is 24.3 Å². The normalized spacial score (nSPS) is 15.0. The first kappa shape index (κ1) is 39.7. The van der Waals surface area contributed by atoms with Gasteiger partial charge in [-0.2, -0.15) is 4.99 Å². The van der Waals surface area contributed by atoms with Crippen LogP contribution in [0.5, 0.6) is 5.75 Å². The zero-order chi connectivity index (χ0) is 34.4. The van der Waals surface area contributed by atoms with E-state index in [1.807, 2.05) is 30.8 Å². The van der Waals surface area contributed by atoms with Gasteiger partial charge in [0.25, 0.3) is 5.96 Å². The van der Waals surface area contributed by atoms with Crippen molar-refractivity contribution in [3.8, 4) is 5.75 Å². The van der Waals surface area contributed by atoms with E-state index in [9.17, 15) is 0 Å². The van der Waals surface area contributed by atoms with Gasteiger partial charge in [0.05, 0.1) is 14.1 Å². The van der Waals surface area contributed by atoms with Gasteiger partial charge in [0.2, 0.25) is 0 Å². The fraction of sp³-hybridized carbons (Fsp3) is 0.366. The molecule has 268 valence electrons. The minimum absolute atomic E-state index is 0. The monoisotopic (exact) mass is 825 g/mol. The van der Waals surface area contributed by atoms with Crippen LogP contribution in [0, 0.1) is 0 Å². The molecule has 0 aromatic heterocycles. The molecular weight excluding hydrogens is 772 g/mol. The van der Waals surface area contributed by atoms with Crippen LogP contribution in [0.3, 0.4) is 0 Å². The zero-order valence-electron chi connectivity index (χ0n) is 29.6. The number of aliphatic imine (C=N–C) groups is 1. The Morgan fingerprint density at radius 2 is 1.10 bits per heavy atom. The molecule has 0 aliphatic carbocycles. The number of nitrogens with two attached hydrogens (primary N) is 1. The number of nitrogens with one attached hydrogen (secondary N) is 2. The zero-order valence-corrected chi connectivity index (χ0v) is 33.4. The molecule has 0 saturated carbocycles. The van der Waals surface area contributed by atoms with Gasteiger partial charge in [-0.3, -0.25) is 9.89 Å². The minimum atomic E-state index is -2.63. The van der Waals surface area contributed by atoms with Crippen molar-refractivity contribution in [1.29, 1.82) is 0 Å². The molecule has 50 heavy (non-hydrogen) atoms. The third-order valence-electron chi connectivity index (χ3n) is 9.56. The predicted octanol–water partition coefficient (Wildman–Crippen LogP) is 4.98. The maximum Gasteiger partial charge on any atom is -0.0195 e. The first-order valence-corrected chi connectivity index (χ1v) is 23.1. The molecule has 4 aromatic carbocycles. The molecule has 0 spiro atoms. The molecule has 1 aliphatic rings. The molecule has 0 bridgehead atoms. The van der Waals surface area contributed by atoms with Crippen LogP contribution in [0.25, 0.3) is 0 Å². The van der Waals surface area contributed by atoms with Crippen molar-refractivity contribution in [2.75, 3.05) is 26.9 Å². The molecular formula is C41H54ClIN5OP. The molecule has 1 heterocycles. The third-order valence-corrected chi connectivity index (χ3v) is 21.3. The van der Waals surface area contributed by atoms with Gasteiger partial charge in [0.1, 0.15) is 5.75 Å². The van der Waals surface area contributed by atoms with Crippen molar-refractivity contribution in [3.63, 3.8) is 0 Å². The molecule has 5 rings (SSSR count). The molecule has 4 N–H and O–H groups in total. The average molecular weight is 826 g/mol. The molecule has 0 saturated heterocycles. The van der Waals surface area contributed by atoms with E-state index in [0.29, 0.717) is 5.96 Å². The SMILES string of the molecule is C[N+](C)=C1NC(N)=NC(c2ccc(OCCCCCCCCCCCCP(I)(c3ccccc3)(c3ccccc3)c3ccccc3)cc2)N1.[Cl-]. The number of nitrogens with zero attached hydrogens (tertiary/aromatic N) is 2. The first-order chi connectivity index (χ1) is 23.9. The molecule has 1 unspecified atom stereocenters. The van der Waals surface area contributed by atoms with Crippen LogP contribution in [0.2, 0.25) is 0 Å². The Balaban J connectivity index is 0.00000562. The quantitative estimate of drug-likeness (QED) is 0.0574. The van der Waals surface area contributed by atoms with Crippen molar-refractivity contribution in [2.24, 2.45) is 10.7 Å². The van der Waals surface area contributed by atoms with Crippen LogP contribution in [-0.2, 0) is 0 Å². The summed E-state index contributed by atoms with van der Waals surface area (Å²) in [6.07, 6.45) is 13.7. The molecule has 0 radical (unpaired) electrons. The van der Waals surface area contributed by atoms with Gasteiger partial charge in [0.15, 0.2) is 6.17 Å². The summed E-state index contributed by atoms with van der Waals surface area (Å²) in [6.45, 7) is 0.755. The second-order valence-corrected chi connectivity index (χ2v) is 24.0. The van der Waals surface area contributed by atoms with E-state index in [0.717, 1.165) is 30.3 Å². The fourth-order valence-electron chi connectivity index (χ4n) is 6.80. The van der Waals surface area contributed by atoms with E-state index in [1.165, 1.54) is 79.9 Å². The van der Waals surface area contributed by atoms with Crippen LogP contribution < -0.4 is 49.4 Å². The second kappa shape index (κ2) is 19.5. The Hall–Kier alpha value is -3.13. The molecule has 0 amide bonds. The number of benzene rings is 4. The van der Waals surface area contributed by atoms with E-state index < -0.39 is 4.25 Å². The van der Waals surface area contributed by atoms with Gasteiger partial charge in [-0.25, -0.2) is 5.32 Å². The van der Waals surface area contributed by atoms with Gasteiger partial charge in [-0.15, -0.1) is 0 Å². The fourth-order valence-corrected chi connectivity index (χ4v) is 15.6. The summed E-state index contributed by atoms with van der Waals surface area (Å²) in [7, 11) is 3.92. The number of halogens is 2. The largest absolute Gasteiger partial charge is 1.00 e. The van der Waals surface area contributed by atoms with E-state index in [2.05, 4.69) is 141 Å². The summed E-state index contributed by atoms with van der Waals surface area (Å²) in [5.74, 6) is 2.14. The maximum absolute atomic E-state index is 6.02. The first-order valence-electron chi connectivity index (χ1n) is 17.9. The Kier molecular flexibility index (Phi) is 15.4. The standard InChI is InChI=1S/C41H53IN5OP.ClH/c1-47(2)41-45-39(44-40(43)46-41)34-28-30-35(31-29-34)48-32-20-9-7-5-3-4-6-8-10-21-33-49(42,36-22-14-11-15-23-36,37-24-16-12-17-25-37)38-26-18-13-19-27-38;/h11-19,22-31,39H,3-10,20-21,32-33H2,1-2H3,(H3,43,44,45,46);1H. The molecule has 1 atom stereocenters. The molecule has 6 nitrogen and oxygen atoms in total. The van der Waals surface area contributed by atoms with Crippen LogP contribution in [0.15, 0.2) is 120 Å². The van der Waals surface area contributed by atoms with E-state index in [4.69, 9.17) is 10.5 Å². The van der Waals surface area contributed by atoms with Crippen LogP contribution >= 0.6 is 26.3 Å². The number of unbranched alkanes of at least 4 members (excludes halogenated alkanes) is 9. The average Bonchev–Trinajstić information content (AvgIpc) is 3.14. The van der Waals surface area contributed by atoms with Crippen molar-refractivity contribution in [1.82, 2.24) is 10.6 Å². The van der Waals surface area contributed by atoms with Crippen molar-refractivity contribution in [2.45, 2.75) is 70.4 Å². The molecule has 0 fully saturated rings. The molecule has 4 aromatic rings. The van der Waals surface area contributed by atoms with Crippen LogP contribution in [0.1, 0.15) is 75.9 Å².